The van der Waals surface area contributed by atoms with Gasteiger partial charge in [0.25, 0.3) is 6.43 Å². The van der Waals surface area contributed by atoms with Crippen molar-refractivity contribution in [1.29, 1.82) is 0 Å². The Kier molecular flexibility index (Phi) is 5.74. The Balaban J connectivity index is 3.04. The van der Waals surface area contributed by atoms with E-state index in [1.165, 1.54) is 5.32 Å². The second kappa shape index (κ2) is 6.73. The van der Waals surface area contributed by atoms with Gasteiger partial charge in [-0.15, -0.1) is 0 Å². The normalized spacial score (nSPS) is 13.4. The number of nitrogens with one attached hydrogen (secondary N) is 1. The molecular weight excluding hydrogens is 351 g/mol. The quantitative estimate of drug-likeness (QED) is 0.630. The van der Waals surface area contributed by atoms with Crippen molar-refractivity contribution >= 4 is 35.0 Å². The molecular formula is C10H5ClF7NOS. The van der Waals surface area contributed by atoms with Crippen molar-refractivity contribution in [3.8, 4) is 0 Å². The summed E-state index contributed by atoms with van der Waals surface area (Å²) in [5, 5.41) is 0.739. The van der Waals surface area contributed by atoms with Crippen molar-refractivity contribution in [2.24, 2.45) is 0 Å². The molecule has 1 unspecified atom stereocenters. The van der Waals surface area contributed by atoms with Crippen molar-refractivity contribution in [1.82, 2.24) is 0 Å². The van der Waals surface area contributed by atoms with Crippen molar-refractivity contribution in [2.75, 3.05) is 5.32 Å². The Hall–Kier alpha value is -1.16. The zero-order valence-electron chi connectivity index (χ0n) is 9.65. The summed E-state index contributed by atoms with van der Waals surface area (Å²) in [6, 6.07) is 1.02. The average molecular weight is 356 g/mol. The molecule has 0 bridgehead atoms. The van der Waals surface area contributed by atoms with E-state index >= 15 is 0 Å². The Morgan fingerprint density at radius 2 is 1.81 bits per heavy atom. The van der Waals surface area contributed by atoms with Gasteiger partial charge in [0.15, 0.2) is 0 Å². The van der Waals surface area contributed by atoms with E-state index in [4.69, 9.17) is 11.6 Å². The van der Waals surface area contributed by atoms with E-state index in [0.717, 1.165) is 0 Å². The van der Waals surface area contributed by atoms with E-state index in [1.54, 1.807) is 0 Å². The molecule has 1 amide bonds. The number of amides is 1. The van der Waals surface area contributed by atoms with Crippen LogP contribution in [-0.2, 0) is 4.79 Å². The van der Waals surface area contributed by atoms with E-state index in [9.17, 15) is 35.5 Å². The summed E-state index contributed by atoms with van der Waals surface area (Å²) < 4.78 is 86.5. The number of carbonyl (C=O) groups is 1. The van der Waals surface area contributed by atoms with Crippen LogP contribution in [0, 0.1) is 5.82 Å². The molecule has 0 aliphatic heterocycles. The van der Waals surface area contributed by atoms with Crippen LogP contribution in [0.25, 0.3) is 0 Å². The van der Waals surface area contributed by atoms with Crippen molar-refractivity contribution in [3.63, 3.8) is 0 Å². The van der Waals surface area contributed by atoms with Gasteiger partial charge in [0.05, 0.1) is 10.7 Å². The van der Waals surface area contributed by atoms with E-state index in [0.29, 0.717) is 12.1 Å². The fourth-order valence-corrected chi connectivity index (χ4v) is 1.98. The third kappa shape index (κ3) is 4.95. The van der Waals surface area contributed by atoms with E-state index in [1.807, 2.05) is 0 Å². The number of hydrogen-bond acceptors (Lipinski definition) is 2. The van der Waals surface area contributed by atoms with Gasteiger partial charge in [0.1, 0.15) is 5.82 Å². The maximum absolute atomic E-state index is 13.4. The lowest BCUT2D eigenvalue weighted by molar-refractivity contribution is -0.167. The molecule has 0 spiro atoms. The summed E-state index contributed by atoms with van der Waals surface area (Å²) in [6.07, 6.45) is -8.64. The molecule has 0 radical (unpaired) electrons. The molecule has 2 nitrogen and oxygen atoms in total. The predicted molar refractivity (Wildman–Crippen MR) is 62.9 cm³/mol. The third-order valence-electron chi connectivity index (χ3n) is 1.96. The Bertz CT molecular complexity index is 537. The fourth-order valence-electron chi connectivity index (χ4n) is 1.08. The van der Waals surface area contributed by atoms with Gasteiger partial charge >= 0.3 is 12.1 Å². The van der Waals surface area contributed by atoms with Crippen molar-refractivity contribution < 1.29 is 35.5 Å². The predicted octanol–water partition coefficient (Wildman–Crippen LogP) is 4.63. The first-order chi connectivity index (χ1) is 9.52. The summed E-state index contributed by atoms with van der Waals surface area (Å²) in [5.74, 6) is -3.60. The molecule has 0 aromatic heterocycles. The molecule has 11 heteroatoms. The van der Waals surface area contributed by atoms with E-state index < -0.39 is 45.4 Å². The van der Waals surface area contributed by atoms with Gasteiger partial charge in [-0.25, -0.2) is 17.6 Å². The zero-order valence-corrected chi connectivity index (χ0v) is 11.2. The molecule has 0 aliphatic carbocycles. The van der Waals surface area contributed by atoms with Gasteiger partial charge in [-0.1, -0.05) is 23.4 Å². The Morgan fingerprint density at radius 1 is 1.24 bits per heavy atom. The number of anilines is 1. The summed E-state index contributed by atoms with van der Waals surface area (Å²) in [6.45, 7) is 0. The number of alkyl halides is 6. The second-order valence-electron chi connectivity index (χ2n) is 3.52. The largest absolute Gasteiger partial charge is 0.471 e. The monoisotopic (exact) mass is 355 g/mol. The molecule has 21 heavy (non-hydrogen) atoms. The average Bonchev–Trinajstić information content (AvgIpc) is 2.33. The van der Waals surface area contributed by atoms with Gasteiger partial charge in [-0.2, -0.15) is 13.2 Å². The van der Waals surface area contributed by atoms with Crippen LogP contribution in [0.5, 0.6) is 0 Å². The lowest BCUT2D eigenvalue weighted by atomic mass is 10.3. The summed E-state index contributed by atoms with van der Waals surface area (Å²) >= 11 is 5.17. The van der Waals surface area contributed by atoms with Crippen LogP contribution in [0.15, 0.2) is 17.0 Å². The Morgan fingerprint density at radius 3 is 2.29 bits per heavy atom. The molecule has 0 saturated carbocycles. The zero-order chi connectivity index (χ0) is 16.4. The van der Waals surface area contributed by atoms with Crippen LogP contribution in [0.3, 0.4) is 0 Å². The SMILES string of the molecule is O=C(Nc1cc(SC(F)C(F)F)c(F)cc1Cl)C(F)(F)F. The number of benzene rings is 1. The van der Waals surface area contributed by atoms with E-state index in [2.05, 4.69) is 0 Å². The molecule has 1 aromatic rings. The minimum absolute atomic E-state index is 0.247. The smallest absolute Gasteiger partial charge is 0.317 e. The molecule has 1 rings (SSSR count). The van der Waals surface area contributed by atoms with Gasteiger partial charge in [-0.05, 0) is 12.1 Å². The van der Waals surface area contributed by atoms with Crippen LogP contribution in [0.2, 0.25) is 5.02 Å². The Labute approximate surface area is 122 Å². The number of hydrogen-bond donors (Lipinski definition) is 1. The summed E-state index contributed by atoms with van der Waals surface area (Å²) in [4.78, 5) is 10.0. The maximum Gasteiger partial charge on any atom is 0.471 e. The molecule has 0 fully saturated rings. The van der Waals surface area contributed by atoms with Crippen LogP contribution in [-0.4, -0.2) is 24.0 Å². The highest BCUT2D eigenvalue weighted by atomic mass is 35.5. The van der Waals surface area contributed by atoms with Gasteiger partial charge in [-0.3, -0.25) is 4.79 Å². The number of halogens is 8. The van der Waals surface area contributed by atoms with Crippen molar-refractivity contribution in [3.05, 3.63) is 23.0 Å². The minimum Gasteiger partial charge on any atom is -0.317 e. The highest BCUT2D eigenvalue weighted by Gasteiger charge is 2.39. The molecule has 1 atom stereocenters. The molecule has 0 aliphatic rings. The first kappa shape index (κ1) is 17.9. The number of carbonyl (C=O) groups excluding carboxylic acids is 1. The maximum atomic E-state index is 13.4. The van der Waals surface area contributed by atoms with Crippen LogP contribution >= 0.6 is 23.4 Å². The van der Waals surface area contributed by atoms with Crippen LogP contribution < -0.4 is 5.32 Å². The lowest BCUT2D eigenvalue weighted by Gasteiger charge is -2.13. The highest BCUT2D eigenvalue weighted by molar-refractivity contribution is 7.99. The molecule has 118 valence electrons. The first-order valence-corrected chi connectivity index (χ1v) is 6.24. The third-order valence-corrected chi connectivity index (χ3v) is 3.28. The molecule has 0 saturated heterocycles. The molecule has 0 heterocycles. The van der Waals surface area contributed by atoms with E-state index in [-0.39, 0.29) is 11.8 Å². The summed E-state index contributed by atoms with van der Waals surface area (Å²) in [7, 11) is 0. The topological polar surface area (TPSA) is 29.1 Å². The summed E-state index contributed by atoms with van der Waals surface area (Å²) in [5.41, 5.74) is -3.46. The second-order valence-corrected chi connectivity index (χ2v) is 5.05. The fraction of sp³-hybridized carbons (Fsp3) is 0.300. The standard InChI is InChI=1S/C10H5ClF7NOS/c11-3-1-4(12)6(21-8(15)7(13)14)2-5(3)19-9(20)10(16,17)18/h1-2,7-8H,(H,19,20). The van der Waals surface area contributed by atoms with Gasteiger partial charge in [0.2, 0.25) is 5.50 Å². The van der Waals surface area contributed by atoms with Gasteiger partial charge < -0.3 is 5.32 Å². The van der Waals surface area contributed by atoms with Gasteiger partial charge in [0, 0.05) is 4.90 Å². The number of thioether (sulfide) groups is 1. The minimum atomic E-state index is -5.23. The molecule has 1 aromatic carbocycles. The van der Waals surface area contributed by atoms with Crippen molar-refractivity contribution in [2.45, 2.75) is 23.0 Å². The first-order valence-electron chi connectivity index (χ1n) is 4.98. The van der Waals surface area contributed by atoms with Crippen LogP contribution in [0.4, 0.5) is 36.4 Å². The highest BCUT2D eigenvalue weighted by Crippen LogP contribution is 2.36. The van der Waals surface area contributed by atoms with Crippen LogP contribution in [0.1, 0.15) is 0 Å². The number of rotatable bonds is 4. The lowest BCUT2D eigenvalue weighted by Crippen LogP contribution is -2.30. The molecule has 1 N–H and O–H groups in total.